The van der Waals surface area contributed by atoms with Crippen molar-refractivity contribution in [3.63, 3.8) is 0 Å². The molecule has 0 bridgehead atoms. The Morgan fingerprint density at radius 1 is 1.73 bits per heavy atom. The van der Waals surface area contributed by atoms with Crippen LogP contribution in [0.4, 0.5) is 4.53 Å². The highest BCUT2D eigenvalue weighted by molar-refractivity contribution is 6.32. The normalized spacial score (nSPS) is 9.27. The molecule has 0 aliphatic carbocycles. The molecule has 11 heavy (non-hydrogen) atoms. The second-order valence-electron chi connectivity index (χ2n) is 1.71. The van der Waals surface area contributed by atoms with Crippen molar-refractivity contribution in [1.29, 1.82) is 0 Å². The molecule has 1 aromatic heterocycles. The lowest BCUT2D eigenvalue weighted by Gasteiger charge is -1.94. The molecule has 0 saturated heterocycles. The van der Waals surface area contributed by atoms with Crippen LogP contribution in [0, 0.1) is 0 Å². The van der Waals surface area contributed by atoms with Crippen molar-refractivity contribution in [2.75, 3.05) is 0 Å². The monoisotopic (exact) mass is 175 g/mol. The molecule has 0 N–H and O–H groups in total. The van der Waals surface area contributed by atoms with Crippen LogP contribution in [0.2, 0.25) is 5.15 Å². The average Bonchev–Trinajstić information content (AvgIpc) is 2.04. The third-order valence-electron chi connectivity index (χ3n) is 1.05. The number of pyridine rings is 1. The summed E-state index contributed by atoms with van der Waals surface area (Å²) in [7, 11) is 0. The predicted molar refractivity (Wildman–Crippen MR) is 35.8 cm³/mol. The maximum Gasteiger partial charge on any atom is 0.382 e. The molecule has 0 radical (unpaired) electrons. The molecule has 58 valence electrons. The maximum atomic E-state index is 11.3. The van der Waals surface area contributed by atoms with E-state index >= 15 is 0 Å². The van der Waals surface area contributed by atoms with E-state index in [2.05, 4.69) is 9.93 Å². The van der Waals surface area contributed by atoms with Crippen molar-refractivity contribution >= 4 is 17.6 Å². The molecule has 1 heterocycles. The standard InChI is InChI=1S/C6H3ClFNO2/c7-5-4(6(10)11-8)2-1-3-9-5/h1-3H. The van der Waals surface area contributed by atoms with E-state index in [1.807, 2.05) is 0 Å². The second kappa shape index (κ2) is 3.30. The van der Waals surface area contributed by atoms with E-state index in [-0.39, 0.29) is 10.7 Å². The summed E-state index contributed by atoms with van der Waals surface area (Å²) in [6, 6.07) is 2.77. The Labute approximate surface area is 66.7 Å². The van der Waals surface area contributed by atoms with Gasteiger partial charge in [0, 0.05) is 10.7 Å². The van der Waals surface area contributed by atoms with Crippen molar-refractivity contribution in [3.8, 4) is 0 Å². The van der Waals surface area contributed by atoms with Gasteiger partial charge < -0.3 is 0 Å². The zero-order chi connectivity index (χ0) is 8.27. The Balaban J connectivity index is 3.03. The lowest BCUT2D eigenvalue weighted by Crippen LogP contribution is -2.00. The summed E-state index contributed by atoms with van der Waals surface area (Å²) in [5.41, 5.74) is -0.0864. The Bertz CT molecular complexity index is 279. The van der Waals surface area contributed by atoms with Crippen LogP contribution in [0.1, 0.15) is 10.4 Å². The number of carbonyl (C=O) groups is 1. The molecule has 0 amide bonds. The number of hydrogen-bond donors (Lipinski definition) is 0. The van der Waals surface area contributed by atoms with E-state index in [1.165, 1.54) is 18.3 Å². The topological polar surface area (TPSA) is 39.2 Å². The molecule has 0 aromatic carbocycles. The molecular formula is C6H3ClFNO2. The molecule has 0 fully saturated rings. The smallest absolute Gasteiger partial charge is 0.249 e. The zero-order valence-corrected chi connectivity index (χ0v) is 6.01. The first kappa shape index (κ1) is 7.94. The van der Waals surface area contributed by atoms with Crippen LogP contribution in [0.25, 0.3) is 0 Å². The molecule has 1 rings (SSSR count). The highest BCUT2D eigenvalue weighted by Crippen LogP contribution is 2.12. The number of halogens is 2. The molecule has 1 aromatic rings. The SMILES string of the molecule is O=C(OF)c1cccnc1Cl. The highest BCUT2D eigenvalue weighted by Gasteiger charge is 2.11. The Kier molecular flexibility index (Phi) is 2.38. The van der Waals surface area contributed by atoms with Gasteiger partial charge in [0.2, 0.25) is 0 Å². The first-order chi connectivity index (χ1) is 5.25. The number of rotatable bonds is 1. The quantitative estimate of drug-likeness (QED) is 0.611. The summed E-state index contributed by atoms with van der Waals surface area (Å²) in [5.74, 6) is -1.14. The molecule has 0 atom stereocenters. The first-order valence-corrected chi connectivity index (χ1v) is 3.07. The van der Waals surface area contributed by atoms with Crippen LogP contribution in [-0.2, 0) is 4.94 Å². The van der Waals surface area contributed by atoms with Gasteiger partial charge in [-0.1, -0.05) is 11.6 Å². The summed E-state index contributed by atoms with van der Waals surface area (Å²) in [4.78, 5) is 17.0. The van der Waals surface area contributed by atoms with Crippen LogP contribution >= 0.6 is 11.6 Å². The molecule has 5 heteroatoms. The lowest BCUT2D eigenvalue weighted by molar-refractivity contribution is -0.0788. The molecule has 0 spiro atoms. The molecule has 3 nitrogen and oxygen atoms in total. The van der Waals surface area contributed by atoms with Crippen molar-refractivity contribution in [3.05, 3.63) is 29.0 Å². The number of aromatic nitrogens is 1. The van der Waals surface area contributed by atoms with Crippen LogP contribution < -0.4 is 0 Å². The summed E-state index contributed by atoms with van der Waals surface area (Å²) >= 11 is 5.42. The van der Waals surface area contributed by atoms with Crippen molar-refractivity contribution < 1.29 is 14.3 Å². The fourth-order valence-electron chi connectivity index (χ4n) is 0.580. The van der Waals surface area contributed by atoms with Gasteiger partial charge in [0.15, 0.2) is 0 Å². The van der Waals surface area contributed by atoms with Gasteiger partial charge in [0.1, 0.15) is 10.7 Å². The fraction of sp³-hybridized carbons (Fsp3) is 0. The fourth-order valence-corrected chi connectivity index (χ4v) is 0.776. The minimum absolute atomic E-state index is 0.0739. The Hall–Kier alpha value is -1.16. The van der Waals surface area contributed by atoms with Gasteiger partial charge in [0.25, 0.3) is 0 Å². The minimum Gasteiger partial charge on any atom is -0.249 e. The summed E-state index contributed by atoms with van der Waals surface area (Å²) in [6.45, 7) is 0. The van der Waals surface area contributed by atoms with E-state index in [0.29, 0.717) is 0 Å². The summed E-state index contributed by atoms with van der Waals surface area (Å²) in [5, 5.41) is -0.0739. The third kappa shape index (κ3) is 1.65. The molecule has 0 aliphatic rings. The van der Waals surface area contributed by atoms with Crippen molar-refractivity contribution in [2.24, 2.45) is 0 Å². The van der Waals surface area contributed by atoms with E-state index in [0.717, 1.165) is 0 Å². The van der Waals surface area contributed by atoms with Crippen LogP contribution in [-0.4, -0.2) is 11.0 Å². The molecular weight excluding hydrogens is 173 g/mol. The van der Waals surface area contributed by atoms with Crippen LogP contribution in [0.15, 0.2) is 18.3 Å². The van der Waals surface area contributed by atoms with Crippen molar-refractivity contribution in [2.45, 2.75) is 0 Å². The molecule has 0 aliphatic heterocycles. The van der Waals surface area contributed by atoms with Gasteiger partial charge in [-0.05, 0) is 12.1 Å². The number of nitrogens with zero attached hydrogens (tertiary/aromatic N) is 1. The van der Waals surface area contributed by atoms with Gasteiger partial charge >= 0.3 is 5.97 Å². The maximum absolute atomic E-state index is 11.3. The number of carbonyl (C=O) groups excluding carboxylic acids is 1. The first-order valence-electron chi connectivity index (χ1n) is 2.69. The van der Waals surface area contributed by atoms with Gasteiger partial charge in [-0.2, -0.15) is 0 Å². The lowest BCUT2D eigenvalue weighted by atomic mass is 10.3. The zero-order valence-electron chi connectivity index (χ0n) is 5.25. The molecule has 0 saturated carbocycles. The Morgan fingerprint density at radius 2 is 2.45 bits per heavy atom. The van der Waals surface area contributed by atoms with Gasteiger partial charge in [-0.3, -0.25) is 0 Å². The van der Waals surface area contributed by atoms with Gasteiger partial charge in [-0.25, -0.2) is 14.7 Å². The third-order valence-corrected chi connectivity index (χ3v) is 1.35. The minimum atomic E-state index is -1.14. The largest absolute Gasteiger partial charge is 0.382 e. The van der Waals surface area contributed by atoms with E-state index in [9.17, 15) is 9.32 Å². The van der Waals surface area contributed by atoms with E-state index in [4.69, 9.17) is 11.6 Å². The summed E-state index contributed by atoms with van der Waals surface area (Å²) in [6.07, 6.45) is 1.39. The molecule has 0 unspecified atom stereocenters. The predicted octanol–water partition coefficient (Wildman–Crippen LogP) is 1.78. The van der Waals surface area contributed by atoms with E-state index in [1.54, 1.807) is 0 Å². The second-order valence-corrected chi connectivity index (χ2v) is 2.06. The van der Waals surface area contributed by atoms with Crippen LogP contribution in [0.5, 0.6) is 0 Å². The van der Waals surface area contributed by atoms with Crippen molar-refractivity contribution in [1.82, 2.24) is 4.98 Å². The Morgan fingerprint density at radius 3 is 3.00 bits per heavy atom. The van der Waals surface area contributed by atoms with Gasteiger partial charge in [0.05, 0.1) is 0 Å². The highest BCUT2D eigenvalue weighted by atomic mass is 35.5. The number of hydrogen-bond acceptors (Lipinski definition) is 3. The van der Waals surface area contributed by atoms with Crippen LogP contribution in [0.3, 0.4) is 0 Å². The van der Waals surface area contributed by atoms with Gasteiger partial charge in [-0.15, -0.1) is 0 Å². The summed E-state index contributed by atoms with van der Waals surface area (Å²) < 4.78 is 11.3. The average molecular weight is 176 g/mol. The van der Waals surface area contributed by atoms with E-state index < -0.39 is 5.97 Å².